The number of aromatic nitrogens is 1. The molecule has 1 fully saturated rings. The van der Waals surface area contributed by atoms with Crippen LogP contribution in [0, 0.1) is 0 Å². The highest BCUT2D eigenvalue weighted by molar-refractivity contribution is 5.79. The zero-order chi connectivity index (χ0) is 18.9. The van der Waals surface area contributed by atoms with Crippen molar-refractivity contribution in [2.24, 2.45) is 4.99 Å². The zero-order valence-electron chi connectivity index (χ0n) is 16.1. The summed E-state index contributed by atoms with van der Waals surface area (Å²) < 4.78 is 11.3. The first-order valence-corrected chi connectivity index (χ1v) is 9.60. The normalized spacial score (nSPS) is 16.3. The standard InChI is InChI=1S/C20H29N5O2/c1-3-26-19-16(8-6-10-22-19)14-23-20(21-2)24-15-17(18-9-7-13-27-18)25-11-4-5-12-25/h6-10,13,17H,3-5,11-12,14-15H2,1-2H3,(H2,21,23,24). The van der Waals surface area contributed by atoms with E-state index < -0.39 is 0 Å². The van der Waals surface area contributed by atoms with E-state index in [1.165, 1.54) is 12.8 Å². The molecule has 3 rings (SSSR count). The third kappa shape index (κ3) is 5.23. The minimum atomic E-state index is 0.207. The lowest BCUT2D eigenvalue weighted by atomic mass is 10.2. The number of aliphatic imine (C=N–C) groups is 1. The Balaban J connectivity index is 1.58. The van der Waals surface area contributed by atoms with Gasteiger partial charge in [0.1, 0.15) is 5.76 Å². The van der Waals surface area contributed by atoms with Crippen LogP contribution in [-0.4, -0.2) is 49.1 Å². The van der Waals surface area contributed by atoms with Crippen LogP contribution in [0.2, 0.25) is 0 Å². The number of nitrogens with one attached hydrogen (secondary N) is 2. The first kappa shape index (κ1) is 19.2. The van der Waals surface area contributed by atoms with Crippen molar-refractivity contribution >= 4 is 5.96 Å². The van der Waals surface area contributed by atoms with E-state index in [0.717, 1.165) is 36.9 Å². The third-order valence-corrected chi connectivity index (χ3v) is 4.72. The highest BCUT2D eigenvalue weighted by Gasteiger charge is 2.25. The molecule has 0 aliphatic carbocycles. The second-order valence-electron chi connectivity index (χ2n) is 6.48. The number of hydrogen-bond donors (Lipinski definition) is 2. The van der Waals surface area contributed by atoms with Gasteiger partial charge in [-0.2, -0.15) is 0 Å². The molecule has 1 atom stereocenters. The van der Waals surface area contributed by atoms with E-state index in [9.17, 15) is 0 Å². The maximum Gasteiger partial charge on any atom is 0.218 e. The predicted molar refractivity (Wildman–Crippen MR) is 106 cm³/mol. The van der Waals surface area contributed by atoms with Crippen molar-refractivity contribution in [2.45, 2.75) is 32.4 Å². The summed E-state index contributed by atoms with van der Waals surface area (Å²) in [6.45, 7) is 6.09. The van der Waals surface area contributed by atoms with Crippen LogP contribution in [0.1, 0.15) is 37.1 Å². The smallest absolute Gasteiger partial charge is 0.218 e. The van der Waals surface area contributed by atoms with E-state index >= 15 is 0 Å². The maximum absolute atomic E-state index is 5.68. The van der Waals surface area contributed by atoms with Gasteiger partial charge >= 0.3 is 0 Å². The van der Waals surface area contributed by atoms with Gasteiger partial charge in [0.15, 0.2) is 5.96 Å². The predicted octanol–water partition coefficient (Wildman–Crippen LogP) is 2.58. The molecule has 1 unspecified atom stereocenters. The van der Waals surface area contributed by atoms with E-state index in [2.05, 4.69) is 25.5 Å². The third-order valence-electron chi connectivity index (χ3n) is 4.72. The van der Waals surface area contributed by atoms with Gasteiger partial charge in [-0.1, -0.05) is 6.07 Å². The zero-order valence-corrected chi connectivity index (χ0v) is 16.1. The first-order valence-electron chi connectivity index (χ1n) is 9.60. The summed E-state index contributed by atoms with van der Waals surface area (Å²) in [5.41, 5.74) is 1.00. The fourth-order valence-corrected chi connectivity index (χ4v) is 3.36. The molecule has 0 bridgehead atoms. The summed E-state index contributed by atoms with van der Waals surface area (Å²) in [6, 6.07) is 8.12. The molecular weight excluding hydrogens is 342 g/mol. The second kappa shape index (κ2) is 9.97. The van der Waals surface area contributed by atoms with Crippen LogP contribution in [0.15, 0.2) is 46.1 Å². The molecule has 2 aromatic heterocycles. The molecule has 27 heavy (non-hydrogen) atoms. The highest BCUT2D eigenvalue weighted by atomic mass is 16.5. The molecule has 2 N–H and O–H groups in total. The number of pyridine rings is 1. The van der Waals surface area contributed by atoms with Gasteiger partial charge in [0.05, 0.1) is 18.9 Å². The molecule has 0 amide bonds. The Bertz CT molecular complexity index is 711. The lowest BCUT2D eigenvalue weighted by molar-refractivity contribution is 0.215. The summed E-state index contributed by atoms with van der Waals surface area (Å²) in [5.74, 6) is 2.40. The van der Waals surface area contributed by atoms with Crippen LogP contribution >= 0.6 is 0 Å². The minimum absolute atomic E-state index is 0.207. The fourth-order valence-electron chi connectivity index (χ4n) is 3.36. The van der Waals surface area contributed by atoms with Gasteiger partial charge in [0.25, 0.3) is 0 Å². The Labute approximate surface area is 160 Å². The second-order valence-corrected chi connectivity index (χ2v) is 6.48. The Morgan fingerprint density at radius 3 is 2.85 bits per heavy atom. The summed E-state index contributed by atoms with van der Waals surface area (Å²) in [5, 5.41) is 6.78. The maximum atomic E-state index is 5.68. The molecule has 1 saturated heterocycles. The Morgan fingerprint density at radius 2 is 2.15 bits per heavy atom. The van der Waals surface area contributed by atoms with Crippen molar-refractivity contribution in [3.8, 4) is 5.88 Å². The Hall–Kier alpha value is -2.54. The number of rotatable bonds is 8. The SMILES string of the molecule is CCOc1ncccc1CNC(=NC)NCC(c1ccco1)N1CCCC1. The van der Waals surface area contributed by atoms with E-state index in [0.29, 0.717) is 19.0 Å². The van der Waals surface area contributed by atoms with Crippen LogP contribution in [0.4, 0.5) is 0 Å². The lowest BCUT2D eigenvalue weighted by Crippen LogP contribution is -2.42. The molecule has 1 aliphatic heterocycles. The van der Waals surface area contributed by atoms with Gasteiger partial charge in [0, 0.05) is 31.9 Å². The van der Waals surface area contributed by atoms with Crippen molar-refractivity contribution in [3.05, 3.63) is 48.0 Å². The molecule has 7 heteroatoms. The summed E-state index contributed by atoms with van der Waals surface area (Å²) in [4.78, 5) is 11.1. The van der Waals surface area contributed by atoms with Crippen molar-refractivity contribution in [1.29, 1.82) is 0 Å². The summed E-state index contributed by atoms with van der Waals surface area (Å²) in [7, 11) is 1.78. The number of guanidine groups is 1. The van der Waals surface area contributed by atoms with Gasteiger partial charge < -0.3 is 19.8 Å². The summed E-state index contributed by atoms with van der Waals surface area (Å²) >= 11 is 0. The Morgan fingerprint density at radius 1 is 1.30 bits per heavy atom. The monoisotopic (exact) mass is 371 g/mol. The topological polar surface area (TPSA) is 74.9 Å². The highest BCUT2D eigenvalue weighted by Crippen LogP contribution is 2.24. The lowest BCUT2D eigenvalue weighted by Gasteiger charge is -2.26. The summed E-state index contributed by atoms with van der Waals surface area (Å²) in [6.07, 6.45) is 5.96. The van der Waals surface area contributed by atoms with Crippen molar-refractivity contribution < 1.29 is 9.15 Å². The number of nitrogens with zero attached hydrogens (tertiary/aromatic N) is 3. The van der Waals surface area contributed by atoms with Gasteiger partial charge in [-0.25, -0.2) is 4.98 Å². The van der Waals surface area contributed by atoms with E-state index in [1.807, 2.05) is 31.2 Å². The molecule has 0 saturated carbocycles. The van der Waals surface area contributed by atoms with Crippen LogP contribution in [0.3, 0.4) is 0 Å². The van der Waals surface area contributed by atoms with E-state index in [1.54, 1.807) is 19.5 Å². The van der Waals surface area contributed by atoms with Gasteiger partial charge in [0.2, 0.25) is 5.88 Å². The molecule has 2 aromatic rings. The largest absolute Gasteiger partial charge is 0.478 e. The molecule has 7 nitrogen and oxygen atoms in total. The number of likely N-dealkylation sites (tertiary alicyclic amines) is 1. The number of hydrogen-bond acceptors (Lipinski definition) is 5. The molecule has 3 heterocycles. The average molecular weight is 371 g/mol. The molecule has 0 aromatic carbocycles. The number of ether oxygens (including phenoxy) is 1. The van der Waals surface area contributed by atoms with Crippen LogP contribution < -0.4 is 15.4 Å². The molecule has 0 spiro atoms. The van der Waals surface area contributed by atoms with Crippen LogP contribution in [0.25, 0.3) is 0 Å². The molecule has 146 valence electrons. The van der Waals surface area contributed by atoms with Crippen molar-refractivity contribution in [2.75, 3.05) is 33.3 Å². The minimum Gasteiger partial charge on any atom is -0.478 e. The molecule has 1 aliphatic rings. The van der Waals surface area contributed by atoms with Crippen molar-refractivity contribution in [1.82, 2.24) is 20.5 Å². The Kier molecular flexibility index (Phi) is 7.10. The fraction of sp³-hybridized carbons (Fsp3) is 0.500. The van der Waals surface area contributed by atoms with E-state index in [-0.39, 0.29) is 6.04 Å². The van der Waals surface area contributed by atoms with E-state index in [4.69, 9.17) is 9.15 Å². The molecule has 0 radical (unpaired) electrons. The van der Waals surface area contributed by atoms with Gasteiger partial charge in [-0.3, -0.25) is 9.89 Å². The van der Waals surface area contributed by atoms with Gasteiger partial charge in [-0.05, 0) is 51.1 Å². The quantitative estimate of drug-likeness (QED) is 0.549. The van der Waals surface area contributed by atoms with Crippen molar-refractivity contribution in [3.63, 3.8) is 0 Å². The first-order chi connectivity index (χ1) is 13.3. The molecular formula is C20H29N5O2. The van der Waals surface area contributed by atoms with Crippen LogP contribution in [-0.2, 0) is 6.54 Å². The average Bonchev–Trinajstić information content (AvgIpc) is 3.40. The number of furan rings is 1. The van der Waals surface area contributed by atoms with Crippen LogP contribution in [0.5, 0.6) is 5.88 Å². The van der Waals surface area contributed by atoms with Gasteiger partial charge in [-0.15, -0.1) is 0 Å².